The van der Waals surface area contributed by atoms with E-state index in [9.17, 15) is 18.0 Å². The first kappa shape index (κ1) is 16.9. The molecule has 1 unspecified atom stereocenters. The van der Waals surface area contributed by atoms with Gasteiger partial charge in [0, 0.05) is 19.8 Å². The number of hydrogen-bond acceptors (Lipinski definition) is 5. The third kappa shape index (κ3) is 5.01. The molecule has 0 aliphatic heterocycles. The number of imide groups is 1. The topological polar surface area (TPSA) is 104 Å². The van der Waals surface area contributed by atoms with Gasteiger partial charge < -0.3 is 10.6 Å². The van der Waals surface area contributed by atoms with Gasteiger partial charge in [-0.2, -0.15) is 0 Å². The molecule has 0 rings (SSSR count). The van der Waals surface area contributed by atoms with E-state index in [2.05, 4.69) is 16.0 Å². The van der Waals surface area contributed by atoms with Crippen LogP contribution >= 0.6 is 0 Å². The van der Waals surface area contributed by atoms with E-state index in [1.807, 2.05) is 0 Å². The lowest BCUT2D eigenvalue weighted by Gasteiger charge is -2.24. The van der Waals surface area contributed by atoms with Crippen LogP contribution in [0.25, 0.3) is 0 Å². The van der Waals surface area contributed by atoms with Crippen molar-refractivity contribution in [1.82, 2.24) is 16.0 Å². The molecule has 0 bridgehead atoms. The van der Waals surface area contributed by atoms with Crippen LogP contribution in [-0.2, 0) is 14.6 Å². The molecule has 0 aliphatic carbocycles. The fourth-order valence-electron chi connectivity index (χ4n) is 0.905. The van der Waals surface area contributed by atoms with E-state index in [1.165, 1.54) is 7.05 Å². The number of urea groups is 1. The first-order chi connectivity index (χ1) is 8.01. The summed E-state index contributed by atoms with van der Waals surface area (Å²) in [6.45, 7) is 4.81. The van der Waals surface area contributed by atoms with Crippen LogP contribution in [0.3, 0.4) is 0 Å². The quantitative estimate of drug-likeness (QED) is 0.614. The van der Waals surface area contributed by atoms with E-state index in [0.29, 0.717) is 0 Å². The van der Waals surface area contributed by atoms with Gasteiger partial charge in [0.15, 0.2) is 9.84 Å². The third-order valence-electron chi connectivity index (χ3n) is 2.69. The molecule has 3 N–H and O–H groups in total. The van der Waals surface area contributed by atoms with Crippen LogP contribution < -0.4 is 16.0 Å². The van der Waals surface area contributed by atoms with Crippen LogP contribution in [0.4, 0.5) is 4.79 Å². The predicted molar refractivity (Wildman–Crippen MR) is 69.0 cm³/mol. The Balaban J connectivity index is 4.39. The zero-order valence-electron chi connectivity index (χ0n) is 11.3. The molecule has 7 nitrogen and oxygen atoms in total. The SMILES string of the molecule is CNC(=O)NC(=O)C(C)NCC(C)(C)S(C)(=O)=O. The largest absolute Gasteiger partial charge is 0.341 e. The Hall–Kier alpha value is -1.15. The van der Waals surface area contributed by atoms with Crippen LogP contribution in [0.15, 0.2) is 0 Å². The molecular formula is C10H21N3O4S. The molecule has 0 spiro atoms. The smallest absolute Gasteiger partial charge is 0.321 e. The first-order valence-corrected chi connectivity index (χ1v) is 7.36. The Bertz CT molecular complexity index is 417. The van der Waals surface area contributed by atoms with Gasteiger partial charge in [-0.15, -0.1) is 0 Å². The lowest BCUT2D eigenvalue weighted by Crippen LogP contribution is -2.51. The Morgan fingerprint density at radius 1 is 1.28 bits per heavy atom. The second kappa shape index (κ2) is 6.14. The zero-order valence-corrected chi connectivity index (χ0v) is 12.1. The highest BCUT2D eigenvalue weighted by atomic mass is 32.2. The van der Waals surface area contributed by atoms with Crippen molar-refractivity contribution < 1.29 is 18.0 Å². The fraction of sp³-hybridized carbons (Fsp3) is 0.800. The van der Waals surface area contributed by atoms with E-state index < -0.39 is 32.6 Å². The summed E-state index contributed by atoms with van der Waals surface area (Å²) in [6.07, 6.45) is 1.14. The van der Waals surface area contributed by atoms with Gasteiger partial charge in [0.2, 0.25) is 5.91 Å². The van der Waals surface area contributed by atoms with Crippen molar-refractivity contribution >= 4 is 21.8 Å². The number of rotatable bonds is 5. The monoisotopic (exact) mass is 279 g/mol. The van der Waals surface area contributed by atoms with Crippen molar-refractivity contribution in [2.75, 3.05) is 19.8 Å². The number of hydrogen-bond donors (Lipinski definition) is 3. The van der Waals surface area contributed by atoms with Gasteiger partial charge in [-0.05, 0) is 20.8 Å². The van der Waals surface area contributed by atoms with Crippen LogP contribution in [0.1, 0.15) is 20.8 Å². The number of carbonyl (C=O) groups excluding carboxylic acids is 2. The molecular weight excluding hydrogens is 258 g/mol. The highest BCUT2D eigenvalue weighted by Crippen LogP contribution is 2.13. The van der Waals surface area contributed by atoms with Crippen molar-refractivity contribution in [3.63, 3.8) is 0 Å². The standard InChI is InChI=1S/C10H21N3O4S/c1-7(8(14)13-9(15)11-4)12-6-10(2,3)18(5,16)17/h7,12H,6H2,1-5H3,(H2,11,13,14,15). The Labute approximate surface area is 108 Å². The van der Waals surface area contributed by atoms with Gasteiger partial charge in [-0.3, -0.25) is 10.1 Å². The summed E-state index contributed by atoms with van der Waals surface area (Å²) in [5.41, 5.74) is 0. The normalized spacial score (nSPS) is 13.8. The zero-order chi connectivity index (χ0) is 14.6. The molecule has 18 heavy (non-hydrogen) atoms. The number of nitrogens with one attached hydrogen (secondary N) is 3. The van der Waals surface area contributed by atoms with Crippen molar-refractivity contribution in [3.8, 4) is 0 Å². The maximum atomic E-state index is 11.5. The molecule has 3 amide bonds. The Morgan fingerprint density at radius 3 is 2.17 bits per heavy atom. The van der Waals surface area contributed by atoms with Gasteiger partial charge in [0.05, 0.1) is 10.8 Å². The number of sulfone groups is 1. The van der Waals surface area contributed by atoms with E-state index in [1.54, 1.807) is 20.8 Å². The summed E-state index contributed by atoms with van der Waals surface area (Å²) in [6, 6.07) is -1.26. The number of carbonyl (C=O) groups is 2. The highest BCUT2D eigenvalue weighted by Gasteiger charge is 2.31. The van der Waals surface area contributed by atoms with E-state index in [4.69, 9.17) is 0 Å². The van der Waals surface area contributed by atoms with Crippen molar-refractivity contribution in [1.29, 1.82) is 0 Å². The molecule has 0 fully saturated rings. The van der Waals surface area contributed by atoms with Gasteiger partial charge in [-0.25, -0.2) is 13.2 Å². The minimum Gasteiger partial charge on any atom is -0.341 e. The molecule has 0 aromatic heterocycles. The highest BCUT2D eigenvalue weighted by molar-refractivity contribution is 7.92. The summed E-state index contributed by atoms with van der Waals surface area (Å²) in [4.78, 5) is 22.4. The van der Waals surface area contributed by atoms with Gasteiger partial charge in [0.1, 0.15) is 0 Å². The van der Waals surface area contributed by atoms with Gasteiger partial charge >= 0.3 is 6.03 Å². The molecule has 0 heterocycles. The molecule has 0 saturated heterocycles. The molecule has 0 saturated carbocycles. The summed E-state index contributed by atoms with van der Waals surface area (Å²) in [5.74, 6) is -0.515. The van der Waals surface area contributed by atoms with Crippen LogP contribution in [-0.4, -0.2) is 51.0 Å². The Kier molecular flexibility index (Phi) is 5.75. The molecule has 8 heteroatoms. The average Bonchev–Trinajstić information content (AvgIpc) is 2.23. The summed E-state index contributed by atoms with van der Waals surface area (Å²) >= 11 is 0. The molecule has 0 radical (unpaired) electrons. The van der Waals surface area contributed by atoms with E-state index in [-0.39, 0.29) is 6.54 Å². The Morgan fingerprint density at radius 2 is 1.78 bits per heavy atom. The summed E-state index contributed by atoms with van der Waals surface area (Å²) in [7, 11) is -1.83. The van der Waals surface area contributed by atoms with Gasteiger partial charge in [-0.1, -0.05) is 0 Å². The van der Waals surface area contributed by atoms with Crippen LogP contribution in [0.5, 0.6) is 0 Å². The maximum Gasteiger partial charge on any atom is 0.321 e. The van der Waals surface area contributed by atoms with Crippen LogP contribution in [0.2, 0.25) is 0 Å². The fourth-order valence-corrected chi connectivity index (χ4v) is 1.25. The predicted octanol–water partition coefficient (Wildman–Crippen LogP) is -0.757. The van der Waals surface area contributed by atoms with Gasteiger partial charge in [0.25, 0.3) is 0 Å². The lowest BCUT2D eigenvalue weighted by atomic mass is 10.2. The second-order valence-electron chi connectivity index (χ2n) is 4.70. The molecule has 0 aliphatic rings. The van der Waals surface area contributed by atoms with Crippen LogP contribution in [0, 0.1) is 0 Å². The average molecular weight is 279 g/mol. The minimum atomic E-state index is -3.22. The summed E-state index contributed by atoms with van der Waals surface area (Å²) in [5, 5.41) is 7.14. The van der Waals surface area contributed by atoms with Crippen molar-refractivity contribution in [2.45, 2.75) is 31.6 Å². The molecule has 106 valence electrons. The van der Waals surface area contributed by atoms with Crippen molar-refractivity contribution in [2.24, 2.45) is 0 Å². The third-order valence-corrected chi connectivity index (χ3v) is 4.85. The maximum absolute atomic E-state index is 11.5. The molecule has 0 aromatic rings. The summed E-state index contributed by atoms with van der Waals surface area (Å²) < 4.78 is 21.9. The van der Waals surface area contributed by atoms with Crippen molar-refractivity contribution in [3.05, 3.63) is 0 Å². The minimum absolute atomic E-state index is 0.119. The molecule has 0 aromatic carbocycles. The van der Waals surface area contributed by atoms with E-state index in [0.717, 1.165) is 6.26 Å². The molecule has 1 atom stereocenters. The lowest BCUT2D eigenvalue weighted by molar-refractivity contribution is -0.121. The number of amides is 3. The second-order valence-corrected chi connectivity index (χ2v) is 7.35. The first-order valence-electron chi connectivity index (χ1n) is 5.47. The van der Waals surface area contributed by atoms with E-state index >= 15 is 0 Å².